The molecule has 1 aliphatic rings. The lowest BCUT2D eigenvalue weighted by Gasteiger charge is -2.33. The van der Waals surface area contributed by atoms with Gasteiger partial charge in [-0.3, -0.25) is 4.90 Å². The third-order valence-corrected chi connectivity index (χ3v) is 3.86. The molecular weight excluding hydrogens is 304 g/mol. The molecule has 96 valence electrons. The van der Waals surface area contributed by atoms with Crippen LogP contribution in [0.3, 0.4) is 0 Å². The van der Waals surface area contributed by atoms with Gasteiger partial charge < -0.3 is 5.32 Å². The zero-order valence-electron chi connectivity index (χ0n) is 10.4. The number of urea groups is 1. The molecule has 3 rings (SSSR count). The van der Waals surface area contributed by atoms with Gasteiger partial charge in [0.1, 0.15) is 0 Å². The monoisotopic (exact) mass is 316 g/mol. The third kappa shape index (κ3) is 2.12. The Morgan fingerprint density at radius 3 is 2.63 bits per heavy atom. The van der Waals surface area contributed by atoms with E-state index in [1.54, 1.807) is 11.9 Å². The molecule has 0 fully saturated rings. The van der Waals surface area contributed by atoms with Crippen LogP contribution in [-0.2, 0) is 0 Å². The number of carbonyl (C=O) groups excluding carboxylic acids is 1. The summed E-state index contributed by atoms with van der Waals surface area (Å²) < 4.78 is 1.01. The van der Waals surface area contributed by atoms with E-state index in [-0.39, 0.29) is 12.1 Å². The number of nitrogens with zero attached hydrogens (tertiary/aromatic N) is 1. The topological polar surface area (TPSA) is 32.3 Å². The molecule has 0 aromatic heterocycles. The summed E-state index contributed by atoms with van der Waals surface area (Å²) in [6.07, 6.45) is 0. The zero-order valence-corrected chi connectivity index (χ0v) is 12.0. The predicted octanol–water partition coefficient (Wildman–Crippen LogP) is 3.70. The number of rotatable bonds is 1. The highest BCUT2D eigenvalue weighted by atomic mass is 79.9. The quantitative estimate of drug-likeness (QED) is 0.854. The van der Waals surface area contributed by atoms with Crippen LogP contribution in [0.5, 0.6) is 0 Å². The summed E-state index contributed by atoms with van der Waals surface area (Å²) >= 11 is 3.49. The van der Waals surface area contributed by atoms with Gasteiger partial charge in [-0.15, -0.1) is 0 Å². The number of hydrogen-bond acceptors (Lipinski definition) is 1. The van der Waals surface area contributed by atoms with Crippen LogP contribution in [0.15, 0.2) is 53.0 Å². The molecule has 0 bridgehead atoms. The smallest absolute Gasteiger partial charge is 0.322 e. The van der Waals surface area contributed by atoms with E-state index in [1.807, 2.05) is 42.5 Å². The molecule has 3 nitrogen and oxygen atoms in total. The first-order chi connectivity index (χ1) is 9.16. The van der Waals surface area contributed by atoms with Gasteiger partial charge in [-0.1, -0.05) is 46.3 Å². The summed E-state index contributed by atoms with van der Waals surface area (Å²) in [5.41, 5.74) is 3.13. The van der Waals surface area contributed by atoms with Crippen molar-refractivity contribution in [2.75, 3.05) is 11.9 Å². The maximum absolute atomic E-state index is 12.0. The second-order valence-corrected chi connectivity index (χ2v) is 5.47. The predicted molar refractivity (Wildman–Crippen MR) is 79.4 cm³/mol. The second-order valence-electron chi connectivity index (χ2n) is 4.56. The van der Waals surface area contributed by atoms with Crippen LogP contribution in [0.1, 0.15) is 17.2 Å². The number of benzene rings is 2. The maximum atomic E-state index is 12.0. The van der Waals surface area contributed by atoms with Gasteiger partial charge in [0, 0.05) is 17.1 Å². The highest BCUT2D eigenvalue weighted by molar-refractivity contribution is 9.10. The van der Waals surface area contributed by atoms with Crippen LogP contribution in [0.2, 0.25) is 0 Å². The van der Waals surface area contributed by atoms with Crippen LogP contribution in [0.25, 0.3) is 0 Å². The molecular formula is C15H13BrN2O. The average molecular weight is 317 g/mol. The van der Waals surface area contributed by atoms with Crippen molar-refractivity contribution in [3.05, 3.63) is 64.1 Å². The minimum atomic E-state index is -0.0996. The number of carbonyl (C=O) groups is 1. The van der Waals surface area contributed by atoms with Crippen LogP contribution in [0.4, 0.5) is 10.5 Å². The Labute approximate surface area is 120 Å². The Hall–Kier alpha value is -1.81. The van der Waals surface area contributed by atoms with E-state index in [2.05, 4.69) is 27.3 Å². The van der Waals surface area contributed by atoms with E-state index in [9.17, 15) is 4.79 Å². The van der Waals surface area contributed by atoms with Gasteiger partial charge >= 0.3 is 6.03 Å². The first kappa shape index (κ1) is 12.2. The fraction of sp³-hybridized carbons (Fsp3) is 0.133. The van der Waals surface area contributed by atoms with Crippen molar-refractivity contribution < 1.29 is 4.79 Å². The summed E-state index contributed by atoms with van der Waals surface area (Å²) in [6, 6.07) is 15.8. The lowest BCUT2D eigenvalue weighted by atomic mass is 9.95. The Morgan fingerprint density at radius 2 is 1.89 bits per heavy atom. The fourth-order valence-electron chi connectivity index (χ4n) is 2.38. The molecule has 1 unspecified atom stereocenters. The van der Waals surface area contributed by atoms with E-state index in [1.165, 1.54) is 0 Å². The van der Waals surface area contributed by atoms with Crippen molar-refractivity contribution in [1.82, 2.24) is 5.32 Å². The van der Waals surface area contributed by atoms with Crippen molar-refractivity contribution in [3.63, 3.8) is 0 Å². The molecule has 2 amide bonds. The van der Waals surface area contributed by atoms with Gasteiger partial charge in [0.05, 0.1) is 11.7 Å². The van der Waals surface area contributed by atoms with Crippen molar-refractivity contribution >= 4 is 27.6 Å². The van der Waals surface area contributed by atoms with Crippen molar-refractivity contribution in [3.8, 4) is 0 Å². The van der Waals surface area contributed by atoms with E-state index < -0.39 is 0 Å². The molecule has 1 heterocycles. The number of anilines is 1. The Morgan fingerprint density at radius 1 is 1.16 bits per heavy atom. The molecule has 2 aromatic carbocycles. The van der Waals surface area contributed by atoms with E-state index in [0.717, 1.165) is 21.3 Å². The zero-order chi connectivity index (χ0) is 13.4. The van der Waals surface area contributed by atoms with Gasteiger partial charge in [-0.05, 0) is 23.8 Å². The fourth-order valence-corrected chi connectivity index (χ4v) is 2.76. The molecule has 0 saturated carbocycles. The highest BCUT2D eigenvalue weighted by Crippen LogP contribution is 2.35. The van der Waals surface area contributed by atoms with Gasteiger partial charge in [0.25, 0.3) is 0 Å². The van der Waals surface area contributed by atoms with Gasteiger partial charge in [-0.25, -0.2) is 4.79 Å². The van der Waals surface area contributed by atoms with Crippen LogP contribution in [0, 0.1) is 0 Å². The standard InChI is InChI=1S/C15H13BrN2O/c1-18-13-8-7-11(16)9-12(13)14(17-15(18)19)10-5-3-2-4-6-10/h2-9,14H,1H3,(H,17,19). The molecule has 19 heavy (non-hydrogen) atoms. The van der Waals surface area contributed by atoms with Crippen LogP contribution >= 0.6 is 15.9 Å². The van der Waals surface area contributed by atoms with Crippen molar-refractivity contribution in [2.24, 2.45) is 0 Å². The van der Waals surface area contributed by atoms with Gasteiger partial charge in [0.15, 0.2) is 0 Å². The summed E-state index contributed by atoms with van der Waals surface area (Å²) in [6.45, 7) is 0. The summed E-state index contributed by atoms with van der Waals surface area (Å²) in [7, 11) is 1.78. The number of amides is 2. The summed E-state index contributed by atoms with van der Waals surface area (Å²) in [5.74, 6) is 0. The molecule has 0 saturated heterocycles. The molecule has 4 heteroatoms. The summed E-state index contributed by atoms with van der Waals surface area (Å²) in [5, 5.41) is 3.03. The van der Waals surface area contributed by atoms with Crippen LogP contribution in [-0.4, -0.2) is 13.1 Å². The molecule has 0 spiro atoms. The number of hydrogen-bond donors (Lipinski definition) is 1. The number of fused-ring (bicyclic) bond motifs is 1. The Balaban J connectivity index is 2.15. The summed E-state index contributed by atoms with van der Waals surface area (Å²) in [4.78, 5) is 13.7. The molecule has 1 N–H and O–H groups in total. The number of halogens is 1. The minimum absolute atomic E-state index is 0.0799. The third-order valence-electron chi connectivity index (χ3n) is 3.37. The molecule has 1 atom stereocenters. The average Bonchev–Trinajstić information content (AvgIpc) is 2.43. The van der Waals surface area contributed by atoms with Gasteiger partial charge in [-0.2, -0.15) is 0 Å². The lowest BCUT2D eigenvalue weighted by Crippen LogP contribution is -2.44. The van der Waals surface area contributed by atoms with E-state index in [4.69, 9.17) is 0 Å². The second kappa shape index (κ2) is 4.70. The molecule has 0 aliphatic carbocycles. The molecule has 0 radical (unpaired) electrons. The largest absolute Gasteiger partial charge is 0.327 e. The van der Waals surface area contributed by atoms with E-state index >= 15 is 0 Å². The van der Waals surface area contributed by atoms with Gasteiger partial charge in [0.2, 0.25) is 0 Å². The Kier molecular flexibility index (Phi) is 3.03. The highest BCUT2D eigenvalue weighted by Gasteiger charge is 2.29. The number of nitrogens with one attached hydrogen (secondary N) is 1. The van der Waals surface area contributed by atoms with Crippen molar-refractivity contribution in [1.29, 1.82) is 0 Å². The maximum Gasteiger partial charge on any atom is 0.322 e. The van der Waals surface area contributed by atoms with Crippen molar-refractivity contribution in [2.45, 2.75) is 6.04 Å². The SMILES string of the molecule is CN1C(=O)NC(c2ccccc2)c2cc(Br)ccc21. The van der Waals surface area contributed by atoms with E-state index in [0.29, 0.717) is 0 Å². The first-order valence-electron chi connectivity index (χ1n) is 6.05. The minimum Gasteiger partial charge on any atom is -0.327 e. The Bertz CT molecular complexity index is 627. The normalized spacial score (nSPS) is 17.9. The lowest BCUT2D eigenvalue weighted by molar-refractivity contribution is 0.244. The molecule has 2 aromatic rings. The molecule has 1 aliphatic heterocycles. The first-order valence-corrected chi connectivity index (χ1v) is 6.85. The van der Waals surface area contributed by atoms with Crippen LogP contribution < -0.4 is 10.2 Å².